The second kappa shape index (κ2) is 4.39. The molecular formula is C8H7Br2P. The Labute approximate surface area is 83.9 Å². The molecule has 3 heteroatoms. The Morgan fingerprint density at radius 1 is 1.18 bits per heavy atom. The van der Waals surface area contributed by atoms with Crippen LogP contribution < -0.4 is 0 Å². The highest BCUT2D eigenvalue weighted by Crippen LogP contribution is 2.62. The number of rotatable bonds is 2. The maximum atomic E-state index is 3.96. The Bertz CT molecular complexity index is 244. The van der Waals surface area contributed by atoms with Gasteiger partial charge in [0.25, 0.3) is 0 Å². The fourth-order valence-electron chi connectivity index (χ4n) is 0.728. The molecule has 0 spiro atoms. The molecule has 0 unspecified atom stereocenters. The first-order chi connectivity index (χ1) is 5.22. The van der Waals surface area contributed by atoms with Gasteiger partial charge in [-0.1, -0.05) is 36.9 Å². The van der Waals surface area contributed by atoms with Crippen molar-refractivity contribution in [1.82, 2.24) is 0 Å². The lowest BCUT2D eigenvalue weighted by molar-refractivity contribution is 1.66. The van der Waals surface area contributed by atoms with Crippen molar-refractivity contribution in [2.75, 3.05) is 0 Å². The van der Waals surface area contributed by atoms with Gasteiger partial charge in [-0.2, -0.15) is 0 Å². The van der Waals surface area contributed by atoms with Crippen molar-refractivity contribution in [2.24, 2.45) is 0 Å². The molecule has 58 valence electrons. The summed E-state index contributed by atoms with van der Waals surface area (Å²) in [6, 6.07) is 10.1. The van der Waals surface area contributed by atoms with Crippen LogP contribution in [0.2, 0.25) is 0 Å². The van der Waals surface area contributed by atoms with Crippen molar-refractivity contribution < 1.29 is 0 Å². The first-order valence-electron chi connectivity index (χ1n) is 3.08. The summed E-state index contributed by atoms with van der Waals surface area (Å²) in [6.45, 7) is 3.96. The molecule has 0 saturated heterocycles. The predicted octanol–water partition coefficient (Wildman–Crippen LogP) is 4.76. The van der Waals surface area contributed by atoms with E-state index in [9.17, 15) is 0 Å². The SMILES string of the molecule is C=C(c1ccccc1)P(Br)Br. The van der Waals surface area contributed by atoms with Gasteiger partial charge in [-0.25, -0.2) is 0 Å². The molecule has 11 heavy (non-hydrogen) atoms. The highest BCUT2D eigenvalue weighted by atomic mass is 79.9. The standard InChI is InChI=1S/C8H7Br2P/c1-7(11(9)10)8-5-3-2-4-6-8/h2-6H,1H2. The summed E-state index contributed by atoms with van der Waals surface area (Å²) in [7, 11) is 0. The summed E-state index contributed by atoms with van der Waals surface area (Å²) in [6.07, 6.45) is 0. The lowest BCUT2D eigenvalue weighted by Crippen LogP contribution is -1.73. The van der Waals surface area contributed by atoms with Crippen LogP contribution in [-0.4, -0.2) is 0 Å². The summed E-state index contributed by atoms with van der Waals surface area (Å²) in [5, 5.41) is 0.704. The number of hydrogen-bond donors (Lipinski definition) is 0. The highest BCUT2D eigenvalue weighted by Gasteiger charge is 2.04. The third-order valence-electron chi connectivity index (χ3n) is 1.31. The molecule has 0 nitrogen and oxygen atoms in total. The van der Waals surface area contributed by atoms with Crippen molar-refractivity contribution in [2.45, 2.75) is 0 Å². The second-order valence-corrected chi connectivity index (χ2v) is 10.2. The lowest BCUT2D eigenvalue weighted by Gasteiger charge is -2.04. The van der Waals surface area contributed by atoms with Crippen LogP contribution in [0.25, 0.3) is 5.31 Å². The molecule has 0 N–H and O–H groups in total. The van der Waals surface area contributed by atoms with Crippen LogP contribution in [0.4, 0.5) is 0 Å². The van der Waals surface area contributed by atoms with E-state index < -0.39 is 5.33 Å². The van der Waals surface area contributed by atoms with Gasteiger partial charge in [-0.05, 0) is 41.9 Å². The molecule has 1 aromatic carbocycles. The molecule has 0 aliphatic rings. The number of benzene rings is 1. The van der Waals surface area contributed by atoms with Gasteiger partial charge in [0.05, 0.1) is 5.33 Å². The first-order valence-corrected chi connectivity index (χ1v) is 8.45. The largest absolute Gasteiger partial charge is 0.0891 e. The van der Waals surface area contributed by atoms with Crippen LogP contribution in [0.1, 0.15) is 5.56 Å². The van der Waals surface area contributed by atoms with Crippen molar-refractivity contribution in [3.8, 4) is 0 Å². The third kappa shape index (κ3) is 2.70. The smallest absolute Gasteiger partial charge is 0.0654 e. The van der Waals surface area contributed by atoms with E-state index in [1.807, 2.05) is 18.2 Å². The molecule has 0 aliphatic heterocycles. The normalized spacial score (nSPS) is 10.1. The summed E-state index contributed by atoms with van der Waals surface area (Å²) in [5.41, 5.74) is 1.19. The minimum atomic E-state index is -0.407. The van der Waals surface area contributed by atoms with Gasteiger partial charge in [0.1, 0.15) is 0 Å². The fourth-order valence-corrected chi connectivity index (χ4v) is 2.30. The maximum absolute atomic E-state index is 3.96. The minimum absolute atomic E-state index is 0.407. The molecule has 0 aromatic heterocycles. The Morgan fingerprint density at radius 2 is 1.73 bits per heavy atom. The van der Waals surface area contributed by atoms with Gasteiger partial charge in [-0.15, -0.1) is 0 Å². The van der Waals surface area contributed by atoms with Gasteiger partial charge in [0.15, 0.2) is 0 Å². The van der Waals surface area contributed by atoms with E-state index in [1.54, 1.807) is 0 Å². The lowest BCUT2D eigenvalue weighted by atomic mass is 10.2. The van der Waals surface area contributed by atoms with Gasteiger partial charge >= 0.3 is 0 Å². The molecule has 1 rings (SSSR count). The topological polar surface area (TPSA) is 0 Å². The second-order valence-electron chi connectivity index (χ2n) is 2.05. The zero-order chi connectivity index (χ0) is 8.27. The quantitative estimate of drug-likeness (QED) is 0.690. The molecule has 0 radical (unpaired) electrons. The minimum Gasteiger partial charge on any atom is -0.0891 e. The zero-order valence-corrected chi connectivity index (χ0v) is 9.86. The van der Waals surface area contributed by atoms with E-state index in [0.717, 1.165) is 5.31 Å². The van der Waals surface area contributed by atoms with Crippen LogP contribution >= 0.6 is 36.3 Å². The Kier molecular flexibility index (Phi) is 3.77. The highest BCUT2D eigenvalue weighted by molar-refractivity contribution is 9.70. The summed E-state index contributed by atoms with van der Waals surface area (Å²) in [4.78, 5) is 0. The maximum Gasteiger partial charge on any atom is 0.0654 e. The van der Waals surface area contributed by atoms with E-state index in [1.165, 1.54) is 5.56 Å². The van der Waals surface area contributed by atoms with Crippen LogP contribution in [-0.2, 0) is 0 Å². The molecule has 0 amide bonds. The molecule has 0 aliphatic carbocycles. The fraction of sp³-hybridized carbons (Fsp3) is 0. The van der Waals surface area contributed by atoms with Crippen LogP contribution in [0.5, 0.6) is 0 Å². The van der Waals surface area contributed by atoms with Crippen LogP contribution in [0.3, 0.4) is 0 Å². The molecule has 0 atom stereocenters. The van der Waals surface area contributed by atoms with Crippen molar-refractivity contribution in [3.63, 3.8) is 0 Å². The van der Waals surface area contributed by atoms with Gasteiger partial charge in [0.2, 0.25) is 0 Å². The molecule has 0 bridgehead atoms. The van der Waals surface area contributed by atoms with Gasteiger partial charge < -0.3 is 0 Å². The van der Waals surface area contributed by atoms with Crippen LogP contribution in [0.15, 0.2) is 36.9 Å². The van der Waals surface area contributed by atoms with E-state index in [2.05, 4.69) is 49.7 Å². The molecule has 0 saturated carbocycles. The Hall–Kier alpha value is 0.350. The summed E-state index contributed by atoms with van der Waals surface area (Å²) >= 11 is 6.92. The number of hydrogen-bond acceptors (Lipinski definition) is 0. The predicted molar refractivity (Wildman–Crippen MR) is 60.3 cm³/mol. The molecule has 0 fully saturated rings. The van der Waals surface area contributed by atoms with Gasteiger partial charge in [0, 0.05) is 0 Å². The van der Waals surface area contributed by atoms with Crippen molar-refractivity contribution in [3.05, 3.63) is 42.5 Å². The van der Waals surface area contributed by atoms with E-state index in [-0.39, 0.29) is 0 Å². The third-order valence-corrected chi connectivity index (χ3v) is 4.55. The summed E-state index contributed by atoms with van der Waals surface area (Å²) in [5.74, 6) is 0. The molecule has 0 heterocycles. The average molecular weight is 294 g/mol. The number of halogens is 2. The monoisotopic (exact) mass is 292 g/mol. The Morgan fingerprint density at radius 3 is 2.18 bits per heavy atom. The van der Waals surface area contributed by atoms with E-state index in [4.69, 9.17) is 0 Å². The average Bonchev–Trinajstić information content (AvgIpc) is 2.05. The van der Waals surface area contributed by atoms with E-state index >= 15 is 0 Å². The van der Waals surface area contributed by atoms with Crippen molar-refractivity contribution >= 4 is 41.6 Å². The first kappa shape index (κ1) is 9.44. The molecular weight excluding hydrogens is 287 g/mol. The van der Waals surface area contributed by atoms with Crippen molar-refractivity contribution in [1.29, 1.82) is 0 Å². The van der Waals surface area contributed by atoms with E-state index in [0.29, 0.717) is 0 Å². The van der Waals surface area contributed by atoms with Gasteiger partial charge in [-0.3, -0.25) is 0 Å². The Balaban J connectivity index is 2.86. The van der Waals surface area contributed by atoms with Crippen LogP contribution in [0, 0.1) is 0 Å². The summed E-state index contributed by atoms with van der Waals surface area (Å²) < 4.78 is 0. The molecule has 1 aromatic rings. The zero-order valence-electron chi connectivity index (χ0n) is 5.80.